The molecule has 1 saturated heterocycles. The van der Waals surface area contributed by atoms with Gasteiger partial charge in [-0.05, 0) is 42.2 Å². The summed E-state index contributed by atoms with van der Waals surface area (Å²) in [7, 11) is 0. The molecule has 4 rings (SSSR count). The molecule has 2 bridgehead atoms. The minimum Gasteiger partial charge on any atom is -0.338 e. The maximum atomic E-state index is 12.8. The number of H-pyrrole nitrogens is 1. The van der Waals surface area contributed by atoms with Crippen LogP contribution in [0.1, 0.15) is 40.0 Å². The normalized spacial score (nSPS) is 28.5. The number of amides is 1. The highest BCUT2D eigenvalue weighted by Crippen LogP contribution is 2.52. The number of benzene rings is 1. The number of nitrogens with one attached hydrogen (secondary N) is 1. The van der Waals surface area contributed by atoms with Crippen molar-refractivity contribution in [2.24, 2.45) is 10.8 Å². The lowest BCUT2D eigenvalue weighted by atomic mass is 9.65. The molecule has 0 unspecified atom stereocenters. The molecule has 5 heteroatoms. The number of rotatable bonds is 3. The van der Waals surface area contributed by atoms with Gasteiger partial charge in [-0.2, -0.15) is 0 Å². The van der Waals surface area contributed by atoms with Gasteiger partial charge < -0.3 is 9.88 Å². The molecule has 1 N–H and O–H groups in total. The molecule has 1 amide bonds. The molecule has 2 fully saturated rings. The largest absolute Gasteiger partial charge is 0.338 e. The zero-order chi connectivity index (χ0) is 16.9. The van der Waals surface area contributed by atoms with Crippen molar-refractivity contribution in [1.82, 2.24) is 14.9 Å². The lowest BCUT2D eigenvalue weighted by molar-refractivity contribution is -0.129. The molecule has 2 atom stereocenters. The van der Waals surface area contributed by atoms with Crippen LogP contribution in [0.25, 0.3) is 11.0 Å². The van der Waals surface area contributed by atoms with Gasteiger partial charge >= 0.3 is 0 Å². The molecule has 1 aliphatic heterocycles. The number of hydrogen-bond acceptors (Lipinski definition) is 3. The number of thioether (sulfide) groups is 1. The van der Waals surface area contributed by atoms with Gasteiger partial charge in [0.1, 0.15) is 0 Å². The first-order valence-electron chi connectivity index (χ1n) is 8.71. The maximum absolute atomic E-state index is 12.8. The van der Waals surface area contributed by atoms with Gasteiger partial charge in [-0.15, -0.1) is 0 Å². The summed E-state index contributed by atoms with van der Waals surface area (Å²) in [6.45, 7) is 7.95. The molecule has 4 nitrogen and oxygen atoms in total. The van der Waals surface area contributed by atoms with Crippen LogP contribution in [0, 0.1) is 10.8 Å². The van der Waals surface area contributed by atoms with E-state index < -0.39 is 0 Å². The highest BCUT2D eigenvalue weighted by Gasteiger charge is 2.50. The molecule has 2 aliphatic rings. The molecule has 1 aromatic carbocycles. The van der Waals surface area contributed by atoms with Crippen molar-refractivity contribution in [3.05, 3.63) is 24.3 Å². The Hall–Kier alpha value is -1.49. The van der Waals surface area contributed by atoms with Gasteiger partial charge in [0.15, 0.2) is 5.16 Å². The van der Waals surface area contributed by atoms with Crippen LogP contribution in [-0.4, -0.2) is 39.1 Å². The monoisotopic (exact) mass is 343 g/mol. The smallest absolute Gasteiger partial charge is 0.233 e. The lowest BCUT2D eigenvalue weighted by Gasteiger charge is -2.39. The van der Waals surface area contributed by atoms with Crippen LogP contribution in [0.2, 0.25) is 0 Å². The second kappa shape index (κ2) is 5.51. The predicted molar refractivity (Wildman–Crippen MR) is 98.1 cm³/mol. The number of para-hydroxylation sites is 2. The van der Waals surface area contributed by atoms with Crippen LogP contribution >= 0.6 is 11.8 Å². The minimum atomic E-state index is 0.256. The number of carbonyl (C=O) groups excluding carboxylic acids is 1. The Kier molecular flexibility index (Phi) is 3.68. The molecular weight excluding hydrogens is 318 g/mol. The number of hydrogen-bond donors (Lipinski definition) is 1. The number of imidazole rings is 1. The minimum absolute atomic E-state index is 0.256. The Morgan fingerprint density at radius 2 is 2.12 bits per heavy atom. The topological polar surface area (TPSA) is 49.0 Å². The standard InChI is InChI=1S/C19H25N3OS/c1-18(2)8-13-9-19(3,11-18)12-22(13)16(23)10-24-17-20-14-6-4-5-7-15(14)21-17/h4-7,13H,8-12H2,1-3H3,(H,20,21)/t13-,19+/m0/s1. The first-order chi connectivity index (χ1) is 11.3. The van der Waals surface area contributed by atoms with E-state index in [-0.39, 0.29) is 5.91 Å². The lowest BCUT2D eigenvalue weighted by Crippen LogP contribution is -2.38. The van der Waals surface area contributed by atoms with Gasteiger partial charge in [0.25, 0.3) is 0 Å². The molecule has 2 heterocycles. The molecule has 1 aromatic heterocycles. The van der Waals surface area contributed by atoms with E-state index in [0.29, 0.717) is 22.6 Å². The van der Waals surface area contributed by atoms with Gasteiger partial charge in [-0.1, -0.05) is 44.7 Å². The van der Waals surface area contributed by atoms with E-state index in [2.05, 4.69) is 35.6 Å². The molecule has 0 radical (unpaired) electrons. The third-order valence-electron chi connectivity index (χ3n) is 5.44. The first-order valence-corrected chi connectivity index (χ1v) is 9.69. The number of fused-ring (bicyclic) bond motifs is 3. The van der Waals surface area contributed by atoms with E-state index in [1.165, 1.54) is 18.2 Å². The molecular formula is C19H25N3OS. The Morgan fingerprint density at radius 3 is 2.92 bits per heavy atom. The van der Waals surface area contributed by atoms with E-state index in [9.17, 15) is 4.79 Å². The van der Waals surface area contributed by atoms with Crippen molar-refractivity contribution in [3.8, 4) is 0 Å². The molecule has 2 aromatic rings. The van der Waals surface area contributed by atoms with Crippen LogP contribution in [0.3, 0.4) is 0 Å². The van der Waals surface area contributed by atoms with E-state index in [1.807, 2.05) is 24.3 Å². The van der Waals surface area contributed by atoms with Crippen molar-refractivity contribution in [3.63, 3.8) is 0 Å². The molecule has 128 valence electrons. The zero-order valence-corrected chi connectivity index (χ0v) is 15.4. The first kappa shape index (κ1) is 16.0. The van der Waals surface area contributed by atoms with Crippen molar-refractivity contribution in [1.29, 1.82) is 0 Å². The summed E-state index contributed by atoms with van der Waals surface area (Å²) in [5.41, 5.74) is 2.63. The predicted octanol–water partition coefficient (Wildman–Crippen LogP) is 4.08. The Labute approximate surface area is 147 Å². The third kappa shape index (κ3) is 2.94. The SMILES string of the molecule is CC1(C)C[C@H]2C[C@@](C)(CN2C(=O)CSc2nc3ccccc3[nH]2)C1. The van der Waals surface area contributed by atoms with Crippen molar-refractivity contribution in [2.45, 2.75) is 51.2 Å². The molecule has 0 spiro atoms. The van der Waals surface area contributed by atoms with Gasteiger partial charge in [-0.25, -0.2) is 4.98 Å². The van der Waals surface area contributed by atoms with Crippen molar-refractivity contribution in [2.75, 3.05) is 12.3 Å². The second-order valence-electron chi connectivity index (χ2n) is 8.58. The van der Waals surface area contributed by atoms with Gasteiger partial charge in [0.05, 0.1) is 16.8 Å². The quantitative estimate of drug-likeness (QED) is 0.854. The van der Waals surface area contributed by atoms with Crippen LogP contribution in [0.5, 0.6) is 0 Å². The van der Waals surface area contributed by atoms with Crippen LogP contribution < -0.4 is 0 Å². The highest BCUT2D eigenvalue weighted by molar-refractivity contribution is 7.99. The van der Waals surface area contributed by atoms with Crippen LogP contribution in [0.15, 0.2) is 29.4 Å². The summed E-state index contributed by atoms with van der Waals surface area (Å²) in [5, 5.41) is 0.832. The summed E-state index contributed by atoms with van der Waals surface area (Å²) in [6, 6.07) is 8.40. The summed E-state index contributed by atoms with van der Waals surface area (Å²) < 4.78 is 0. The Morgan fingerprint density at radius 1 is 1.33 bits per heavy atom. The van der Waals surface area contributed by atoms with Crippen LogP contribution in [0.4, 0.5) is 0 Å². The fourth-order valence-corrected chi connectivity index (χ4v) is 5.73. The number of likely N-dealkylation sites (tertiary alicyclic amines) is 1. The number of aromatic amines is 1. The number of nitrogens with zero attached hydrogens (tertiary/aromatic N) is 2. The summed E-state index contributed by atoms with van der Waals surface area (Å²) in [5.74, 6) is 0.721. The molecule has 1 saturated carbocycles. The van der Waals surface area contributed by atoms with E-state index in [0.717, 1.165) is 35.6 Å². The van der Waals surface area contributed by atoms with Crippen molar-refractivity contribution < 1.29 is 4.79 Å². The number of aromatic nitrogens is 2. The van der Waals surface area contributed by atoms with E-state index >= 15 is 0 Å². The van der Waals surface area contributed by atoms with E-state index in [4.69, 9.17) is 0 Å². The zero-order valence-electron chi connectivity index (χ0n) is 14.6. The maximum Gasteiger partial charge on any atom is 0.233 e. The second-order valence-corrected chi connectivity index (χ2v) is 9.55. The average Bonchev–Trinajstić information content (AvgIpc) is 3.01. The average molecular weight is 343 g/mol. The summed E-state index contributed by atoms with van der Waals surface area (Å²) in [4.78, 5) is 22.8. The molecule has 1 aliphatic carbocycles. The number of carbonyl (C=O) groups is 1. The fraction of sp³-hybridized carbons (Fsp3) is 0.579. The van der Waals surface area contributed by atoms with Crippen LogP contribution in [-0.2, 0) is 4.79 Å². The van der Waals surface area contributed by atoms with E-state index in [1.54, 1.807) is 0 Å². The van der Waals surface area contributed by atoms with Gasteiger partial charge in [0.2, 0.25) is 5.91 Å². The highest BCUT2D eigenvalue weighted by atomic mass is 32.2. The molecule has 24 heavy (non-hydrogen) atoms. The summed E-state index contributed by atoms with van der Waals surface area (Å²) in [6.07, 6.45) is 3.51. The Balaban J connectivity index is 1.43. The fourth-order valence-electron chi connectivity index (χ4n) is 4.96. The van der Waals surface area contributed by atoms with Gasteiger partial charge in [-0.3, -0.25) is 4.79 Å². The Bertz CT molecular complexity index is 751. The third-order valence-corrected chi connectivity index (χ3v) is 6.29. The van der Waals surface area contributed by atoms with Gasteiger partial charge in [0, 0.05) is 12.6 Å². The summed E-state index contributed by atoms with van der Waals surface area (Å²) >= 11 is 1.52. The van der Waals surface area contributed by atoms with Crippen molar-refractivity contribution >= 4 is 28.7 Å².